The highest BCUT2D eigenvalue weighted by molar-refractivity contribution is 7.92. The zero-order valence-electron chi connectivity index (χ0n) is 17.3. The summed E-state index contributed by atoms with van der Waals surface area (Å²) in [4.78, 5) is 15.3. The van der Waals surface area contributed by atoms with E-state index in [2.05, 4.69) is 10.2 Å². The molecule has 162 valence electrons. The molecule has 0 unspecified atom stereocenters. The van der Waals surface area contributed by atoms with E-state index in [0.29, 0.717) is 5.69 Å². The molecule has 0 bridgehead atoms. The van der Waals surface area contributed by atoms with Crippen LogP contribution in [0.1, 0.15) is 32.6 Å². The van der Waals surface area contributed by atoms with Gasteiger partial charge in [-0.2, -0.15) is 0 Å². The van der Waals surface area contributed by atoms with Crippen LogP contribution in [-0.4, -0.2) is 39.7 Å². The summed E-state index contributed by atoms with van der Waals surface area (Å²) in [5.41, 5.74) is 1.53. The molecule has 1 aliphatic rings. The fraction of sp³-hybridized carbons (Fsp3) is 0.409. The summed E-state index contributed by atoms with van der Waals surface area (Å²) in [5.74, 6) is -1.20. The Labute approximate surface area is 177 Å². The molecule has 0 radical (unpaired) electrons. The third-order valence-corrected chi connectivity index (χ3v) is 6.44. The lowest BCUT2D eigenvalue weighted by atomic mass is 10.1. The maximum absolute atomic E-state index is 14.3. The second kappa shape index (κ2) is 9.47. The number of hydrogen-bond donors (Lipinski definition) is 1. The molecule has 0 aromatic heterocycles. The average Bonchev–Trinajstić information content (AvgIpc) is 2.73. The van der Waals surface area contributed by atoms with Gasteiger partial charge in [0, 0.05) is 24.5 Å². The van der Waals surface area contributed by atoms with Gasteiger partial charge in [-0.25, -0.2) is 12.8 Å². The Balaban J connectivity index is 1.80. The van der Waals surface area contributed by atoms with Crippen LogP contribution in [0, 0.1) is 5.82 Å². The van der Waals surface area contributed by atoms with Crippen LogP contribution in [0.5, 0.6) is 0 Å². The standard InChI is InChI=1S/C22H28FN3O3S/c1-3-20(26(30(2,28)29)21-10-6-5-9-19(21)23)22(27)24-17-11-13-18(14-12-17)25-15-7-4-8-16-25/h5-6,9-14,20H,3-4,7-8,15-16H2,1-2H3,(H,24,27)/t20-/m0/s1. The molecule has 1 N–H and O–H groups in total. The molecule has 0 saturated carbocycles. The first-order chi connectivity index (χ1) is 14.3. The number of anilines is 3. The van der Waals surface area contributed by atoms with E-state index in [4.69, 9.17) is 0 Å². The van der Waals surface area contributed by atoms with Gasteiger partial charge < -0.3 is 10.2 Å². The fourth-order valence-electron chi connectivity index (χ4n) is 3.80. The van der Waals surface area contributed by atoms with E-state index < -0.39 is 27.8 Å². The molecule has 30 heavy (non-hydrogen) atoms. The van der Waals surface area contributed by atoms with E-state index in [1.165, 1.54) is 37.5 Å². The maximum Gasteiger partial charge on any atom is 0.248 e. The summed E-state index contributed by atoms with van der Waals surface area (Å²) in [5, 5.41) is 2.78. The van der Waals surface area contributed by atoms with Gasteiger partial charge in [-0.1, -0.05) is 19.1 Å². The molecule has 0 aliphatic carbocycles. The Hall–Kier alpha value is -2.61. The van der Waals surface area contributed by atoms with Gasteiger partial charge in [-0.15, -0.1) is 0 Å². The van der Waals surface area contributed by atoms with E-state index in [0.717, 1.165) is 29.3 Å². The van der Waals surface area contributed by atoms with Crippen molar-refractivity contribution in [3.05, 3.63) is 54.3 Å². The molecule has 3 rings (SSSR count). The Morgan fingerprint density at radius 1 is 1.10 bits per heavy atom. The van der Waals surface area contributed by atoms with Gasteiger partial charge in [-0.3, -0.25) is 9.10 Å². The third-order valence-electron chi connectivity index (χ3n) is 5.28. The molecule has 2 aromatic rings. The van der Waals surface area contributed by atoms with Gasteiger partial charge in [-0.05, 0) is 62.1 Å². The number of benzene rings is 2. The molecule has 2 aromatic carbocycles. The molecule has 0 spiro atoms. The smallest absolute Gasteiger partial charge is 0.248 e. The van der Waals surface area contributed by atoms with Gasteiger partial charge in [0.25, 0.3) is 0 Å². The topological polar surface area (TPSA) is 69.7 Å². The van der Waals surface area contributed by atoms with Crippen LogP contribution in [0.15, 0.2) is 48.5 Å². The molecule has 1 fully saturated rings. The molecule has 1 aliphatic heterocycles. The number of hydrogen-bond acceptors (Lipinski definition) is 4. The van der Waals surface area contributed by atoms with Crippen LogP contribution in [-0.2, 0) is 14.8 Å². The number of carbonyl (C=O) groups is 1. The van der Waals surface area contributed by atoms with Crippen LogP contribution in [0.25, 0.3) is 0 Å². The predicted octanol–water partition coefficient (Wildman–Crippen LogP) is 4.00. The van der Waals surface area contributed by atoms with E-state index in [1.54, 1.807) is 13.0 Å². The van der Waals surface area contributed by atoms with Crippen molar-refractivity contribution in [1.29, 1.82) is 0 Å². The molecule has 1 atom stereocenters. The second-order valence-electron chi connectivity index (χ2n) is 7.52. The number of piperidine rings is 1. The SMILES string of the molecule is CC[C@@H](C(=O)Nc1ccc(N2CCCCC2)cc1)N(c1ccccc1F)S(C)(=O)=O. The molecule has 8 heteroatoms. The molecule has 6 nitrogen and oxygen atoms in total. The molecular weight excluding hydrogens is 405 g/mol. The van der Waals surface area contributed by atoms with Crippen molar-refractivity contribution < 1.29 is 17.6 Å². The van der Waals surface area contributed by atoms with Crippen molar-refractivity contribution in [2.75, 3.05) is 33.9 Å². The minimum atomic E-state index is -3.88. The molecule has 1 saturated heterocycles. The monoisotopic (exact) mass is 433 g/mol. The number of nitrogens with zero attached hydrogens (tertiary/aromatic N) is 2. The highest BCUT2D eigenvalue weighted by Gasteiger charge is 2.33. The zero-order valence-corrected chi connectivity index (χ0v) is 18.2. The summed E-state index contributed by atoms with van der Waals surface area (Å²) in [6.45, 7) is 3.74. The normalized spacial score (nSPS) is 15.5. The number of amides is 1. The van der Waals surface area contributed by atoms with Gasteiger partial charge in [0.05, 0.1) is 11.9 Å². The first-order valence-electron chi connectivity index (χ1n) is 10.2. The fourth-order valence-corrected chi connectivity index (χ4v) is 5.01. The van der Waals surface area contributed by atoms with E-state index in [-0.39, 0.29) is 12.1 Å². The van der Waals surface area contributed by atoms with E-state index >= 15 is 0 Å². The van der Waals surface area contributed by atoms with Gasteiger partial charge in [0.2, 0.25) is 15.9 Å². The Bertz CT molecular complexity index is 973. The first kappa shape index (κ1) is 22.1. The van der Waals surface area contributed by atoms with Crippen LogP contribution in [0.4, 0.5) is 21.5 Å². The maximum atomic E-state index is 14.3. The number of nitrogens with one attached hydrogen (secondary N) is 1. The summed E-state index contributed by atoms with van der Waals surface area (Å²) < 4.78 is 40.1. The lowest BCUT2D eigenvalue weighted by Crippen LogP contribution is -2.47. The summed E-state index contributed by atoms with van der Waals surface area (Å²) >= 11 is 0. The van der Waals surface area contributed by atoms with Crippen LogP contribution in [0.2, 0.25) is 0 Å². The molecular formula is C22H28FN3O3S. The minimum absolute atomic E-state index is 0.137. The van der Waals surface area contributed by atoms with Crippen LogP contribution in [0.3, 0.4) is 0 Å². The van der Waals surface area contributed by atoms with Crippen molar-refractivity contribution in [2.45, 2.75) is 38.6 Å². The number of halogens is 1. The highest BCUT2D eigenvalue weighted by atomic mass is 32.2. The highest BCUT2D eigenvalue weighted by Crippen LogP contribution is 2.27. The summed E-state index contributed by atoms with van der Waals surface area (Å²) in [7, 11) is -3.88. The zero-order chi connectivity index (χ0) is 21.7. The predicted molar refractivity (Wildman–Crippen MR) is 119 cm³/mol. The van der Waals surface area contributed by atoms with Crippen LogP contribution < -0.4 is 14.5 Å². The number of carbonyl (C=O) groups excluding carboxylic acids is 1. The quantitative estimate of drug-likeness (QED) is 0.717. The van der Waals surface area contributed by atoms with Gasteiger partial charge in [0.1, 0.15) is 11.9 Å². The van der Waals surface area contributed by atoms with Crippen molar-refractivity contribution in [1.82, 2.24) is 0 Å². The van der Waals surface area contributed by atoms with Gasteiger partial charge in [0.15, 0.2) is 0 Å². The third kappa shape index (κ3) is 5.11. The number of rotatable bonds is 7. The first-order valence-corrected chi connectivity index (χ1v) is 12.1. The molecule has 1 heterocycles. The van der Waals surface area contributed by atoms with Crippen molar-refractivity contribution >= 4 is 33.0 Å². The Kier molecular flexibility index (Phi) is 6.97. The largest absolute Gasteiger partial charge is 0.372 e. The van der Waals surface area contributed by atoms with E-state index in [1.807, 2.05) is 24.3 Å². The van der Waals surface area contributed by atoms with Gasteiger partial charge >= 0.3 is 0 Å². The lowest BCUT2D eigenvalue weighted by molar-refractivity contribution is -0.117. The molecule has 1 amide bonds. The van der Waals surface area contributed by atoms with Crippen molar-refractivity contribution in [3.8, 4) is 0 Å². The minimum Gasteiger partial charge on any atom is -0.372 e. The van der Waals surface area contributed by atoms with E-state index in [9.17, 15) is 17.6 Å². The lowest BCUT2D eigenvalue weighted by Gasteiger charge is -2.30. The average molecular weight is 434 g/mol. The van der Waals surface area contributed by atoms with Crippen molar-refractivity contribution in [2.24, 2.45) is 0 Å². The second-order valence-corrected chi connectivity index (χ2v) is 9.38. The number of para-hydroxylation sites is 1. The number of sulfonamides is 1. The summed E-state index contributed by atoms with van der Waals surface area (Å²) in [6, 6.07) is 12.0. The van der Waals surface area contributed by atoms with Crippen molar-refractivity contribution in [3.63, 3.8) is 0 Å². The summed E-state index contributed by atoms with van der Waals surface area (Å²) in [6.07, 6.45) is 4.77. The Morgan fingerprint density at radius 3 is 2.30 bits per heavy atom. The Morgan fingerprint density at radius 2 is 1.73 bits per heavy atom. The van der Waals surface area contributed by atoms with Crippen LogP contribution >= 0.6 is 0 Å².